The molecule has 0 N–H and O–H groups in total. The Kier molecular flexibility index (Phi) is 6.38. The minimum Gasteiger partial charge on any atom is -0.345 e. The number of thioether (sulfide) groups is 1. The third-order valence-corrected chi connectivity index (χ3v) is 6.41. The van der Waals surface area contributed by atoms with Gasteiger partial charge in [0.1, 0.15) is 0 Å². The van der Waals surface area contributed by atoms with E-state index >= 15 is 0 Å². The van der Waals surface area contributed by atoms with Crippen molar-refractivity contribution in [2.24, 2.45) is 0 Å². The van der Waals surface area contributed by atoms with Crippen LogP contribution < -0.4 is 0 Å². The van der Waals surface area contributed by atoms with Gasteiger partial charge in [0.15, 0.2) is 5.79 Å². The molecule has 0 radical (unpaired) electrons. The van der Waals surface area contributed by atoms with Crippen LogP contribution >= 0.6 is 11.8 Å². The Labute approximate surface area is 177 Å². The molecular formula is C24H28N2O2S. The molecule has 0 spiro atoms. The molecule has 3 aromatic rings. The number of hydrogen-bond donors (Lipinski definition) is 0. The lowest BCUT2D eigenvalue weighted by molar-refractivity contribution is -0.180. The third kappa shape index (κ3) is 5.50. The van der Waals surface area contributed by atoms with Crippen LogP contribution in [0.15, 0.2) is 72.1 Å². The lowest BCUT2D eigenvalue weighted by atomic mass is 10.0. The Morgan fingerprint density at radius 2 is 1.79 bits per heavy atom. The SMILES string of the molecule is Cc1ccc(CCC2(Cn3ccnc3)OCC(CSc3ccc(C)cc3)O2)cc1. The van der Waals surface area contributed by atoms with Crippen molar-refractivity contribution >= 4 is 11.8 Å². The third-order valence-electron chi connectivity index (χ3n) is 5.27. The average Bonchev–Trinajstić information content (AvgIpc) is 3.38. The molecular weight excluding hydrogens is 380 g/mol. The van der Waals surface area contributed by atoms with Gasteiger partial charge >= 0.3 is 0 Å². The summed E-state index contributed by atoms with van der Waals surface area (Å²) in [6.07, 6.45) is 7.42. The fourth-order valence-corrected chi connectivity index (χ4v) is 4.43. The van der Waals surface area contributed by atoms with Gasteiger partial charge in [-0.3, -0.25) is 0 Å². The van der Waals surface area contributed by atoms with E-state index in [0.717, 1.165) is 18.6 Å². The molecule has 1 aromatic heterocycles. The fourth-order valence-electron chi connectivity index (χ4n) is 3.56. The summed E-state index contributed by atoms with van der Waals surface area (Å²) in [5, 5.41) is 0. The highest BCUT2D eigenvalue weighted by atomic mass is 32.2. The fraction of sp³-hybridized carbons (Fsp3) is 0.375. The van der Waals surface area contributed by atoms with Crippen molar-refractivity contribution < 1.29 is 9.47 Å². The number of nitrogens with zero attached hydrogens (tertiary/aromatic N) is 2. The van der Waals surface area contributed by atoms with Gasteiger partial charge in [-0.05, 0) is 38.0 Å². The summed E-state index contributed by atoms with van der Waals surface area (Å²) in [5.74, 6) is 0.281. The van der Waals surface area contributed by atoms with Crippen LogP contribution in [0.25, 0.3) is 0 Å². The quantitative estimate of drug-likeness (QED) is 0.490. The van der Waals surface area contributed by atoms with Crippen LogP contribution in [0.4, 0.5) is 0 Å². The summed E-state index contributed by atoms with van der Waals surface area (Å²) < 4.78 is 14.9. The van der Waals surface area contributed by atoms with Crippen LogP contribution in [0.3, 0.4) is 0 Å². The number of ether oxygens (including phenoxy) is 2. The lowest BCUT2D eigenvalue weighted by Gasteiger charge is -2.28. The van der Waals surface area contributed by atoms with Crippen molar-refractivity contribution in [1.29, 1.82) is 0 Å². The molecule has 4 nitrogen and oxygen atoms in total. The average molecular weight is 409 g/mol. The summed E-state index contributed by atoms with van der Waals surface area (Å²) in [5.41, 5.74) is 3.87. The largest absolute Gasteiger partial charge is 0.345 e. The number of rotatable bonds is 8. The molecule has 2 unspecified atom stereocenters. The Hall–Kier alpha value is -2.08. The summed E-state index contributed by atoms with van der Waals surface area (Å²) >= 11 is 1.83. The topological polar surface area (TPSA) is 36.3 Å². The second-order valence-corrected chi connectivity index (χ2v) is 8.90. The molecule has 5 heteroatoms. The highest BCUT2D eigenvalue weighted by molar-refractivity contribution is 7.99. The molecule has 0 amide bonds. The van der Waals surface area contributed by atoms with Gasteiger partial charge in [-0.15, -0.1) is 11.8 Å². The zero-order valence-electron chi connectivity index (χ0n) is 17.1. The normalized spacial score (nSPS) is 21.5. The van der Waals surface area contributed by atoms with E-state index in [1.165, 1.54) is 21.6 Å². The standard InChI is InChI=1S/C24H28N2O2S/c1-19-3-7-21(8-4-19)11-12-24(17-26-14-13-25-18-26)27-15-22(28-24)16-29-23-9-5-20(2)6-10-23/h3-10,13-14,18,22H,11-12,15-17H2,1-2H3. The molecule has 1 aliphatic heterocycles. The number of imidazole rings is 1. The van der Waals surface area contributed by atoms with E-state index in [0.29, 0.717) is 13.2 Å². The van der Waals surface area contributed by atoms with Crippen molar-refractivity contribution in [2.75, 3.05) is 12.4 Å². The van der Waals surface area contributed by atoms with E-state index in [4.69, 9.17) is 9.47 Å². The van der Waals surface area contributed by atoms with Gasteiger partial charge in [0.2, 0.25) is 0 Å². The van der Waals surface area contributed by atoms with Crippen LogP contribution in [0, 0.1) is 13.8 Å². The molecule has 4 rings (SSSR count). The van der Waals surface area contributed by atoms with Gasteiger partial charge in [0.05, 0.1) is 25.6 Å². The van der Waals surface area contributed by atoms with Gasteiger partial charge in [0.25, 0.3) is 0 Å². The molecule has 0 aliphatic carbocycles. The molecule has 2 heterocycles. The first-order valence-electron chi connectivity index (χ1n) is 10.1. The summed E-state index contributed by atoms with van der Waals surface area (Å²) in [6, 6.07) is 17.4. The molecule has 0 saturated carbocycles. The van der Waals surface area contributed by atoms with Crippen LogP contribution in [0.2, 0.25) is 0 Å². The first-order chi connectivity index (χ1) is 14.1. The Balaban J connectivity index is 1.40. The zero-order valence-corrected chi connectivity index (χ0v) is 17.9. The van der Waals surface area contributed by atoms with Crippen LogP contribution in [0.1, 0.15) is 23.1 Å². The predicted molar refractivity (Wildman–Crippen MR) is 117 cm³/mol. The van der Waals surface area contributed by atoms with E-state index in [-0.39, 0.29) is 6.10 Å². The van der Waals surface area contributed by atoms with Gasteiger partial charge in [-0.25, -0.2) is 4.98 Å². The van der Waals surface area contributed by atoms with Crippen LogP contribution in [0.5, 0.6) is 0 Å². The first-order valence-corrected chi connectivity index (χ1v) is 11.1. The van der Waals surface area contributed by atoms with Crippen molar-refractivity contribution in [1.82, 2.24) is 9.55 Å². The predicted octanol–water partition coefficient (Wildman–Crippen LogP) is 5.04. The monoisotopic (exact) mass is 408 g/mol. The van der Waals surface area contributed by atoms with E-state index in [1.54, 1.807) is 6.20 Å². The molecule has 152 valence electrons. The minimum absolute atomic E-state index is 0.0860. The maximum Gasteiger partial charge on any atom is 0.187 e. The number of aryl methyl sites for hydroxylation is 3. The van der Waals surface area contributed by atoms with Crippen LogP contribution in [-0.2, 0) is 22.4 Å². The van der Waals surface area contributed by atoms with E-state index in [9.17, 15) is 0 Å². The Morgan fingerprint density at radius 1 is 1.07 bits per heavy atom. The highest BCUT2D eigenvalue weighted by Crippen LogP contribution is 2.33. The van der Waals surface area contributed by atoms with Crippen LogP contribution in [-0.4, -0.2) is 33.8 Å². The second-order valence-electron chi connectivity index (χ2n) is 7.81. The van der Waals surface area contributed by atoms with E-state index in [1.807, 2.05) is 28.9 Å². The number of hydrogen-bond acceptors (Lipinski definition) is 4. The summed E-state index contributed by atoms with van der Waals surface area (Å²) in [4.78, 5) is 5.44. The van der Waals surface area contributed by atoms with Gasteiger partial charge in [-0.1, -0.05) is 47.5 Å². The summed E-state index contributed by atoms with van der Waals surface area (Å²) in [7, 11) is 0. The van der Waals surface area contributed by atoms with Gasteiger partial charge < -0.3 is 14.0 Å². The number of aromatic nitrogens is 2. The Bertz CT molecular complexity index is 894. The van der Waals surface area contributed by atoms with Crippen molar-refractivity contribution in [2.45, 2.75) is 50.0 Å². The minimum atomic E-state index is -0.607. The van der Waals surface area contributed by atoms with E-state index < -0.39 is 5.79 Å². The summed E-state index contributed by atoms with van der Waals surface area (Å²) in [6.45, 7) is 5.51. The molecule has 1 fully saturated rings. The molecule has 0 bridgehead atoms. The molecule has 1 aliphatic rings. The van der Waals surface area contributed by atoms with E-state index in [2.05, 4.69) is 67.4 Å². The van der Waals surface area contributed by atoms with Gasteiger partial charge in [-0.2, -0.15) is 0 Å². The highest BCUT2D eigenvalue weighted by Gasteiger charge is 2.41. The Morgan fingerprint density at radius 3 is 2.48 bits per heavy atom. The molecule has 29 heavy (non-hydrogen) atoms. The maximum atomic E-state index is 6.52. The molecule has 1 saturated heterocycles. The van der Waals surface area contributed by atoms with Crippen molar-refractivity contribution in [3.8, 4) is 0 Å². The molecule has 2 aromatic carbocycles. The smallest absolute Gasteiger partial charge is 0.187 e. The van der Waals surface area contributed by atoms with Gasteiger partial charge in [0, 0.05) is 29.5 Å². The van der Waals surface area contributed by atoms with Crippen molar-refractivity contribution in [3.63, 3.8) is 0 Å². The lowest BCUT2D eigenvalue weighted by Crippen LogP contribution is -2.37. The molecule has 2 atom stereocenters. The first kappa shape index (κ1) is 20.2. The maximum absolute atomic E-state index is 6.52. The van der Waals surface area contributed by atoms with Crippen molar-refractivity contribution in [3.05, 3.63) is 83.9 Å². The zero-order chi connectivity index (χ0) is 20.1. The second kappa shape index (κ2) is 9.16. The number of benzene rings is 2.